The van der Waals surface area contributed by atoms with Gasteiger partial charge in [-0.25, -0.2) is 0 Å². The van der Waals surface area contributed by atoms with Crippen LogP contribution in [0.25, 0.3) is 0 Å². The lowest BCUT2D eigenvalue weighted by Crippen LogP contribution is -2.09. The molecule has 1 aromatic rings. The van der Waals surface area contributed by atoms with Gasteiger partial charge in [0.1, 0.15) is 0 Å². The summed E-state index contributed by atoms with van der Waals surface area (Å²) < 4.78 is 0. The maximum Gasteiger partial charge on any atom is 0.225 e. The van der Waals surface area contributed by atoms with Gasteiger partial charge in [0.2, 0.25) is 5.91 Å². The van der Waals surface area contributed by atoms with Crippen molar-refractivity contribution in [2.45, 2.75) is 11.3 Å². The lowest BCUT2D eigenvalue weighted by atomic mass is 10.3. The minimum absolute atomic E-state index is 0.0634. The van der Waals surface area contributed by atoms with Crippen LogP contribution in [0.1, 0.15) is 6.42 Å². The van der Waals surface area contributed by atoms with Crippen LogP contribution in [0.4, 0.5) is 5.69 Å². The quantitative estimate of drug-likeness (QED) is 0.718. The fourth-order valence-corrected chi connectivity index (χ4v) is 2.52. The van der Waals surface area contributed by atoms with Crippen LogP contribution in [0.2, 0.25) is 5.02 Å². The molecule has 1 heterocycles. The molecule has 1 aliphatic heterocycles. The zero-order valence-electron chi connectivity index (χ0n) is 6.84. The van der Waals surface area contributed by atoms with Crippen molar-refractivity contribution in [3.05, 3.63) is 23.2 Å². The number of nitrogens with one attached hydrogen (secondary N) is 1. The third-order valence-electron chi connectivity index (χ3n) is 1.82. The predicted octanol–water partition coefficient (Wildman–Crippen LogP) is 2.77. The average Bonchev–Trinajstić information content (AvgIpc) is 2.27. The second-order valence-electron chi connectivity index (χ2n) is 2.76. The standard InChI is InChI=1S/C9H8ClNOS/c10-6-2-1-3-7-9(6)13-5-4-8(12)11-7/h1-3H,4-5H2,(H,11,12). The van der Waals surface area contributed by atoms with Crippen LogP contribution in [-0.2, 0) is 4.79 Å². The van der Waals surface area contributed by atoms with Crippen LogP contribution < -0.4 is 5.32 Å². The number of fused-ring (bicyclic) bond motifs is 1. The largest absolute Gasteiger partial charge is 0.325 e. The van der Waals surface area contributed by atoms with Crippen molar-refractivity contribution >= 4 is 35.0 Å². The van der Waals surface area contributed by atoms with Gasteiger partial charge in [0.15, 0.2) is 0 Å². The Bertz CT molecular complexity index is 353. The van der Waals surface area contributed by atoms with E-state index in [9.17, 15) is 4.79 Å². The molecule has 0 spiro atoms. The fraction of sp³-hybridized carbons (Fsp3) is 0.222. The second-order valence-corrected chi connectivity index (χ2v) is 4.28. The number of anilines is 1. The number of benzene rings is 1. The van der Waals surface area contributed by atoms with Crippen LogP contribution in [0, 0.1) is 0 Å². The van der Waals surface area contributed by atoms with E-state index >= 15 is 0 Å². The summed E-state index contributed by atoms with van der Waals surface area (Å²) in [5.41, 5.74) is 0.833. The van der Waals surface area contributed by atoms with E-state index in [-0.39, 0.29) is 5.91 Å². The van der Waals surface area contributed by atoms with Gasteiger partial charge in [-0.3, -0.25) is 4.79 Å². The molecule has 0 unspecified atom stereocenters. The third kappa shape index (κ3) is 1.81. The highest BCUT2D eigenvalue weighted by Gasteiger charge is 2.14. The fourth-order valence-electron chi connectivity index (χ4n) is 1.21. The van der Waals surface area contributed by atoms with Crippen molar-refractivity contribution in [2.24, 2.45) is 0 Å². The highest BCUT2D eigenvalue weighted by Crippen LogP contribution is 2.36. The van der Waals surface area contributed by atoms with E-state index < -0.39 is 0 Å². The topological polar surface area (TPSA) is 29.1 Å². The van der Waals surface area contributed by atoms with Crippen LogP contribution in [-0.4, -0.2) is 11.7 Å². The molecule has 0 aromatic heterocycles. The number of amides is 1. The number of carbonyl (C=O) groups excluding carboxylic acids is 1. The number of thioether (sulfide) groups is 1. The molecule has 0 fully saturated rings. The van der Waals surface area contributed by atoms with E-state index in [1.807, 2.05) is 18.2 Å². The Hall–Kier alpha value is -0.670. The van der Waals surface area contributed by atoms with Crippen molar-refractivity contribution in [2.75, 3.05) is 11.1 Å². The van der Waals surface area contributed by atoms with E-state index in [0.29, 0.717) is 11.4 Å². The molecule has 68 valence electrons. The number of rotatable bonds is 0. The normalized spacial score (nSPS) is 15.9. The highest BCUT2D eigenvalue weighted by molar-refractivity contribution is 7.99. The molecule has 0 saturated carbocycles. The smallest absolute Gasteiger partial charge is 0.225 e. The molecule has 2 rings (SSSR count). The summed E-state index contributed by atoms with van der Waals surface area (Å²) in [6.07, 6.45) is 0.551. The lowest BCUT2D eigenvalue weighted by Gasteiger charge is -2.06. The van der Waals surface area contributed by atoms with Crippen molar-refractivity contribution in [1.29, 1.82) is 0 Å². The lowest BCUT2D eigenvalue weighted by molar-refractivity contribution is -0.115. The van der Waals surface area contributed by atoms with Gasteiger partial charge in [-0.15, -0.1) is 11.8 Å². The maximum absolute atomic E-state index is 11.2. The molecule has 4 heteroatoms. The van der Waals surface area contributed by atoms with Crippen molar-refractivity contribution < 1.29 is 4.79 Å². The first-order valence-electron chi connectivity index (χ1n) is 3.98. The monoisotopic (exact) mass is 213 g/mol. The summed E-state index contributed by atoms with van der Waals surface area (Å²) in [6.45, 7) is 0. The summed E-state index contributed by atoms with van der Waals surface area (Å²) in [7, 11) is 0. The first-order chi connectivity index (χ1) is 6.27. The molecular formula is C9H8ClNOS. The number of halogens is 1. The molecule has 0 bridgehead atoms. The van der Waals surface area contributed by atoms with Crippen molar-refractivity contribution in [3.8, 4) is 0 Å². The summed E-state index contributed by atoms with van der Waals surface area (Å²) >= 11 is 7.61. The van der Waals surface area contributed by atoms with Crippen LogP contribution >= 0.6 is 23.4 Å². The predicted molar refractivity (Wildman–Crippen MR) is 55.4 cm³/mol. The molecule has 2 nitrogen and oxygen atoms in total. The summed E-state index contributed by atoms with van der Waals surface area (Å²) in [5, 5.41) is 3.53. The Balaban J connectivity index is 2.45. The Kier molecular flexibility index (Phi) is 2.47. The van der Waals surface area contributed by atoms with Crippen molar-refractivity contribution in [3.63, 3.8) is 0 Å². The Morgan fingerprint density at radius 2 is 2.31 bits per heavy atom. The van der Waals surface area contributed by atoms with Crippen molar-refractivity contribution in [1.82, 2.24) is 0 Å². The third-order valence-corrected chi connectivity index (χ3v) is 3.38. The van der Waals surface area contributed by atoms with E-state index in [1.54, 1.807) is 11.8 Å². The van der Waals surface area contributed by atoms with E-state index in [2.05, 4.69) is 5.32 Å². The molecule has 0 radical (unpaired) electrons. The maximum atomic E-state index is 11.2. The van der Waals surface area contributed by atoms with Crippen LogP contribution in [0.5, 0.6) is 0 Å². The average molecular weight is 214 g/mol. The van der Waals surface area contributed by atoms with E-state index in [1.165, 1.54) is 0 Å². The van der Waals surface area contributed by atoms with Gasteiger partial charge in [-0.05, 0) is 12.1 Å². The Morgan fingerprint density at radius 1 is 1.46 bits per heavy atom. The zero-order valence-corrected chi connectivity index (χ0v) is 8.41. The summed E-state index contributed by atoms with van der Waals surface area (Å²) in [5.74, 6) is 0.858. The van der Waals surface area contributed by atoms with Gasteiger partial charge in [-0.1, -0.05) is 17.7 Å². The Labute approximate surface area is 85.7 Å². The van der Waals surface area contributed by atoms with E-state index in [0.717, 1.165) is 16.3 Å². The molecular weight excluding hydrogens is 206 g/mol. The van der Waals surface area contributed by atoms with Crippen LogP contribution in [0.15, 0.2) is 23.1 Å². The number of hydrogen-bond donors (Lipinski definition) is 1. The minimum atomic E-state index is 0.0634. The number of hydrogen-bond acceptors (Lipinski definition) is 2. The first-order valence-corrected chi connectivity index (χ1v) is 5.35. The van der Waals surface area contributed by atoms with Gasteiger partial charge in [0, 0.05) is 17.1 Å². The van der Waals surface area contributed by atoms with Gasteiger partial charge < -0.3 is 5.32 Å². The summed E-state index contributed by atoms with van der Waals surface area (Å²) in [6, 6.07) is 5.55. The molecule has 0 atom stereocenters. The molecule has 1 aromatic carbocycles. The molecule has 0 aliphatic carbocycles. The molecule has 13 heavy (non-hydrogen) atoms. The summed E-state index contributed by atoms with van der Waals surface area (Å²) in [4.78, 5) is 12.2. The first kappa shape index (κ1) is 8.91. The Morgan fingerprint density at radius 3 is 3.15 bits per heavy atom. The zero-order chi connectivity index (χ0) is 9.26. The highest BCUT2D eigenvalue weighted by atomic mass is 35.5. The molecule has 0 saturated heterocycles. The SMILES string of the molecule is O=C1CCSc2c(Cl)cccc2N1. The van der Waals surface area contributed by atoms with Gasteiger partial charge >= 0.3 is 0 Å². The van der Waals surface area contributed by atoms with Gasteiger partial charge in [0.25, 0.3) is 0 Å². The number of carbonyl (C=O) groups is 1. The molecule has 1 amide bonds. The van der Waals surface area contributed by atoms with E-state index in [4.69, 9.17) is 11.6 Å². The van der Waals surface area contributed by atoms with Gasteiger partial charge in [-0.2, -0.15) is 0 Å². The molecule has 1 N–H and O–H groups in total. The molecule has 1 aliphatic rings. The van der Waals surface area contributed by atoms with Gasteiger partial charge in [0.05, 0.1) is 10.7 Å². The second kappa shape index (κ2) is 3.60. The van der Waals surface area contributed by atoms with Crippen LogP contribution in [0.3, 0.4) is 0 Å². The minimum Gasteiger partial charge on any atom is -0.325 e.